The number of H-pyrrole nitrogens is 1. The summed E-state index contributed by atoms with van der Waals surface area (Å²) in [5.74, 6) is 0.554. The third-order valence-corrected chi connectivity index (χ3v) is 4.19. The van der Waals surface area contributed by atoms with Crippen molar-refractivity contribution in [3.8, 4) is 11.1 Å². The van der Waals surface area contributed by atoms with E-state index >= 15 is 0 Å². The first-order valence-electron chi connectivity index (χ1n) is 6.06. The van der Waals surface area contributed by atoms with Crippen LogP contribution in [-0.4, -0.2) is 10.2 Å². The number of hydrogen-bond acceptors (Lipinski definition) is 2. The zero-order chi connectivity index (χ0) is 13.3. The van der Waals surface area contributed by atoms with Crippen LogP contribution in [0.5, 0.6) is 0 Å². The van der Waals surface area contributed by atoms with Crippen molar-refractivity contribution in [3.05, 3.63) is 34.4 Å². The van der Waals surface area contributed by atoms with Gasteiger partial charge in [-0.1, -0.05) is 54.9 Å². The summed E-state index contributed by atoms with van der Waals surface area (Å²) in [7, 11) is 0. The first-order valence-corrected chi connectivity index (χ1v) is 6.86. The lowest BCUT2D eigenvalue weighted by atomic mass is 9.83. The predicted octanol–water partition coefficient (Wildman–Crippen LogP) is 4.11. The molecule has 0 bridgehead atoms. The summed E-state index contributed by atoms with van der Waals surface area (Å²) in [5, 5.41) is 7.28. The van der Waals surface area contributed by atoms with Gasteiger partial charge in [0.15, 0.2) is 5.82 Å². The fraction of sp³-hybridized carbons (Fsp3) is 0.357. The molecule has 4 heteroatoms. The van der Waals surface area contributed by atoms with Gasteiger partial charge >= 0.3 is 0 Å². The number of nitrogens with zero attached hydrogens (tertiary/aromatic N) is 1. The highest BCUT2D eigenvalue weighted by molar-refractivity contribution is 9.10. The first kappa shape index (κ1) is 13.1. The number of aromatic nitrogens is 2. The summed E-state index contributed by atoms with van der Waals surface area (Å²) >= 11 is 3.58. The van der Waals surface area contributed by atoms with E-state index in [0.29, 0.717) is 5.82 Å². The lowest BCUT2D eigenvalue weighted by Gasteiger charge is -2.23. The molecule has 18 heavy (non-hydrogen) atoms. The van der Waals surface area contributed by atoms with E-state index in [4.69, 9.17) is 5.73 Å². The number of anilines is 1. The molecular formula is C14H18BrN3. The fourth-order valence-corrected chi connectivity index (χ4v) is 2.44. The predicted molar refractivity (Wildman–Crippen MR) is 79.5 cm³/mol. The first-order chi connectivity index (χ1) is 8.47. The summed E-state index contributed by atoms with van der Waals surface area (Å²) in [4.78, 5) is 0. The molecule has 1 aromatic carbocycles. The molecule has 0 atom stereocenters. The monoisotopic (exact) mass is 307 g/mol. The largest absolute Gasteiger partial charge is 0.382 e. The van der Waals surface area contributed by atoms with Gasteiger partial charge < -0.3 is 5.73 Å². The van der Waals surface area contributed by atoms with Crippen LogP contribution in [0.25, 0.3) is 11.1 Å². The SMILES string of the molecule is CCC(C)(C)c1[nH]nc(N)c1-c1ccccc1Br. The topological polar surface area (TPSA) is 54.7 Å². The van der Waals surface area contributed by atoms with Gasteiger partial charge in [-0.25, -0.2) is 0 Å². The summed E-state index contributed by atoms with van der Waals surface area (Å²) in [6.45, 7) is 6.56. The van der Waals surface area contributed by atoms with E-state index in [0.717, 1.165) is 27.7 Å². The number of halogens is 1. The van der Waals surface area contributed by atoms with Gasteiger partial charge in [0.05, 0.1) is 5.69 Å². The van der Waals surface area contributed by atoms with Gasteiger partial charge in [-0.3, -0.25) is 5.10 Å². The van der Waals surface area contributed by atoms with Crippen molar-refractivity contribution in [3.63, 3.8) is 0 Å². The number of rotatable bonds is 3. The van der Waals surface area contributed by atoms with E-state index in [1.165, 1.54) is 0 Å². The van der Waals surface area contributed by atoms with Crippen LogP contribution in [0.3, 0.4) is 0 Å². The minimum atomic E-state index is 0.0231. The highest BCUT2D eigenvalue weighted by Gasteiger charge is 2.27. The molecule has 0 aliphatic carbocycles. The van der Waals surface area contributed by atoms with Crippen molar-refractivity contribution in [1.29, 1.82) is 0 Å². The Bertz CT molecular complexity index is 558. The smallest absolute Gasteiger partial charge is 0.153 e. The molecule has 2 aromatic rings. The maximum absolute atomic E-state index is 6.03. The Morgan fingerprint density at radius 1 is 1.33 bits per heavy atom. The Balaban J connectivity index is 2.65. The van der Waals surface area contributed by atoms with Gasteiger partial charge in [-0.2, -0.15) is 5.10 Å². The molecule has 1 heterocycles. The number of nitrogens with one attached hydrogen (secondary N) is 1. The third-order valence-electron chi connectivity index (χ3n) is 3.50. The molecule has 0 saturated carbocycles. The minimum absolute atomic E-state index is 0.0231. The quantitative estimate of drug-likeness (QED) is 0.896. The molecule has 2 rings (SSSR count). The van der Waals surface area contributed by atoms with Crippen molar-refractivity contribution >= 4 is 21.7 Å². The van der Waals surface area contributed by atoms with E-state index < -0.39 is 0 Å². The van der Waals surface area contributed by atoms with Crippen LogP contribution >= 0.6 is 15.9 Å². The van der Waals surface area contributed by atoms with Crippen molar-refractivity contribution < 1.29 is 0 Å². The Kier molecular flexibility index (Phi) is 3.48. The molecule has 0 saturated heterocycles. The van der Waals surface area contributed by atoms with Crippen LogP contribution in [0.15, 0.2) is 28.7 Å². The van der Waals surface area contributed by atoms with Gasteiger partial charge in [0.25, 0.3) is 0 Å². The van der Waals surface area contributed by atoms with Gasteiger partial charge in [-0.05, 0) is 12.5 Å². The number of benzene rings is 1. The highest BCUT2D eigenvalue weighted by Crippen LogP contribution is 2.39. The van der Waals surface area contributed by atoms with Crippen molar-refractivity contribution in [2.45, 2.75) is 32.6 Å². The molecule has 0 spiro atoms. The maximum Gasteiger partial charge on any atom is 0.153 e. The van der Waals surface area contributed by atoms with Gasteiger partial charge in [0.1, 0.15) is 0 Å². The highest BCUT2D eigenvalue weighted by atomic mass is 79.9. The van der Waals surface area contributed by atoms with E-state index in [1.54, 1.807) is 0 Å². The second kappa shape index (κ2) is 4.76. The molecule has 1 aromatic heterocycles. The lowest BCUT2D eigenvalue weighted by molar-refractivity contribution is 0.490. The molecule has 0 aliphatic heterocycles. The second-order valence-electron chi connectivity index (χ2n) is 5.08. The van der Waals surface area contributed by atoms with Crippen LogP contribution in [0.4, 0.5) is 5.82 Å². The molecule has 0 radical (unpaired) electrons. The number of nitrogen functional groups attached to an aromatic ring is 1. The van der Waals surface area contributed by atoms with Crippen LogP contribution in [0.2, 0.25) is 0 Å². The zero-order valence-electron chi connectivity index (χ0n) is 10.9. The molecule has 0 amide bonds. The summed E-state index contributed by atoms with van der Waals surface area (Å²) in [6, 6.07) is 8.08. The normalized spacial score (nSPS) is 11.8. The van der Waals surface area contributed by atoms with Crippen LogP contribution in [0.1, 0.15) is 32.9 Å². The number of nitrogens with two attached hydrogens (primary N) is 1. The average molecular weight is 308 g/mol. The Hall–Kier alpha value is -1.29. The summed E-state index contributed by atoms with van der Waals surface area (Å²) < 4.78 is 1.03. The van der Waals surface area contributed by atoms with E-state index in [1.807, 2.05) is 18.2 Å². The van der Waals surface area contributed by atoms with Crippen LogP contribution in [0, 0.1) is 0 Å². The van der Waals surface area contributed by atoms with Gasteiger partial charge in [0.2, 0.25) is 0 Å². The maximum atomic E-state index is 6.03. The van der Waals surface area contributed by atoms with E-state index in [-0.39, 0.29) is 5.41 Å². The molecule has 0 aliphatic rings. The van der Waals surface area contributed by atoms with Crippen molar-refractivity contribution in [1.82, 2.24) is 10.2 Å². The second-order valence-corrected chi connectivity index (χ2v) is 5.93. The fourth-order valence-electron chi connectivity index (χ4n) is 1.96. The Morgan fingerprint density at radius 3 is 2.61 bits per heavy atom. The Labute approximate surface area is 116 Å². The zero-order valence-corrected chi connectivity index (χ0v) is 12.5. The average Bonchev–Trinajstić information content (AvgIpc) is 2.72. The lowest BCUT2D eigenvalue weighted by Crippen LogP contribution is -2.17. The molecular weight excluding hydrogens is 290 g/mol. The number of hydrogen-bond donors (Lipinski definition) is 2. The molecule has 96 valence electrons. The van der Waals surface area contributed by atoms with Gasteiger partial charge in [0, 0.05) is 21.0 Å². The molecule has 0 unspecified atom stereocenters. The van der Waals surface area contributed by atoms with E-state index in [9.17, 15) is 0 Å². The molecule has 3 N–H and O–H groups in total. The Morgan fingerprint density at radius 2 is 2.00 bits per heavy atom. The van der Waals surface area contributed by atoms with Crippen LogP contribution in [-0.2, 0) is 5.41 Å². The number of aromatic amines is 1. The summed E-state index contributed by atoms with van der Waals surface area (Å²) in [6.07, 6.45) is 1.02. The third kappa shape index (κ3) is 2.17. The van der Waals surface area contributed by atoms with Crippen molar-refractivity contribution in [2.24, 2.45) is 0 Å². The van der Waals surface area contributed by atoms with Crippen molar-refractivity contribution in [2.75, 3.05) is 5.73 Å². The van der Waals surface area contributed by atoms with Crippen LogP contribution < -0.4 is 5.73 Å². The standard InChI is InChI=1S/C14H18BrN3/c1-4-14(2,3)12-11(13(16)18-17-12)9-7-5-6-8-10(9)15/h5-8H,4H2,1-3H3,(H3,16,17,18). The van der Waals surface area contributed by atoms with E-state index in [2.05, 4.69) is 53.0 Å². The summed E-state index contributed by atoms with van der Waals surface area (Å²) in [5.41, 5.74) is 9.24. The van der Waals surface area contributed by atoms with Gasteiger partial charge in [-0.15, -0.1) is 0 Å². The molecule has 0 fully saturated rings. The molecule has 3 nitrogen and oxygen atoms in total. The minimum Gasteiger partial charge on any atom is -0.382 e.